The van der Waals surface area contributed by atoms with Gasteiger partial charge >= 0.3 is 11.8 Å². The third kappa shape index (κ3) is 4.45. The van der Waals surface area contributed by atoms with Crippen molar-refractivity contribution in [3.05, 3.63) is 53.3 Å². The van der Waals surface area contributed by atoms with Crippen LogP contribution in [0.1, 0.15) is 42.6 Å². The molecule has 3 aromatic rings. The summed E-state index contributed by atoms with van der Waals surface area (Å²) in [7, 11) is 0. The number of amides is 2. The van der Waals surface area contributed by atoms with Crippen molar-refractivity contribution in [1.82, 2.24) is 30.5 Å². The van der Waals surface area contributed by atoms with Crippen LogP contribution in [0, 0.1) is 19.8 Å². The Morgan fingerprint density at radius 2 is 1.94 bits per heavy atom. The lowest BCUT2D eigenvalue weighted by Gasteiger charge is -2.38. The third-order valence-corrected chi connectivity index (χ3v) is 5.77. The number of nitrogens with one attached hydrogen (secondary N) is 2. The van der Waals surface area contributed by atoms with Crippen LogP contribution in [0.4, 0.5) is 5.69 Å². The predicted octanol–water partition coefficient (Wildman–Crippen LogP) is 2.82. The van der Waals surface area contributed by atoms with Gasteiger partial charge in [-0.05, 0) is 55.0 Å². The third-order valence-electron chi connectivity index (χ3n) is 5.77. The maximum atomic E-state index is 13.1. The van der Waals surface area contributed by atoms with Crippen molar-refractivity contribution < 1.29 is 9.59 Å². The van der Waals surface area contributed by atoms with E-state index in [1.54, 1.807) is 11.1 Å². The molecule has 160 valence electrons. The Bertz CT molecular complexity index is 1080. The summed E-state index contributed by atoms with van der Waals surface area (Å²) in [5.41, 5.74) is 4.18. The Hall–Kier alpha value is -3.62. The van der Waals surface area contributed by atoms with Crippen LogP contribution in [0.2, 0.25) is 0 Å². The van der Waals surface area contributed by atoms with Gasteiger partial charge in [-0.15, -0.1) is 10.2 Å². The maximum absolute atomic E-state index is 13.1. The normalized spacial score (nSPS) is 18.6. The fourth-order valence-corrected chi connectivity index (χ4v) is 3.89. The van der Waals surface area contributed by atoms with E-state index in [0.717, 1.165) is 35.2 Å². The molecule has 1 fully saturated rings. The van der Waals surface area contributed by atoms with Gasteiger partial charge in [-0.3, -0.25) is 14.6 Å². The van der Waals surface area contributed by atoms with E-state index in [1.807, 2.05) is 44.2 Å². The Morgan fingerprint density at radius 1 is 1.16 bits per heavy atom. The van der Waals surface area contributed by atoms with Crippen molar-refractivity contribution in [2.75, 3.05) is 11.9 Å². The number of carbonyl (C=O) groups is 2. The molecule has 0 bridgehead atoms. The van der Waals surface area contributed by atoms with Crippen LogP contribution < -0.4 is 5.32 Å². The zero-order valence-corrected chi connectivity index (χ0v) is 17.8. The molecule has 0 aliphatic carbocycles. The first kappa shape index (κ1) is 20.6. The van der Waals surface area contributed by atoms with Gasteiger partial charge in [0, 0.05) is 17.8 Å². The molecule has 0 radical (unpaired) electrons. The van der Waals surface area contributed by atoms with Crippen LogP contribution in [-0.4, -0.2) is 48.9 Å². The quantitative estimate of drug-likeness (QED) is 0.631. The fraction of sp³-hybridized carbons (Fsp3) is 0.364. The Kier molecular flexibility index (Phi) is 5.75. The number of carbonyl (C=O) groups excluding carboxylic acids is 2. The second-order valence-electron chi connectivity index (χ2n) is 8.09. The predicted molar refractivity (Wildman–Crippen MR) is 115 cm³/mol. The molecular weight excluding hydrogens is 394 g/mol. The molecule has 2 amide bonds. The van der Waals surface area contributed by atoms with E-state index in [2.05, 4.69) is 37.8 Å². The van der Waals surface area contributed by atoms with E-state index in [1.165, 1.54) is 0 Å². The molecule has 2 aromatic heterocycles. The first-order valence-corrected chi connectivity index (χ1v) is 10.3. The smallest absolute Gasteiger partial charge is 0.313 e. The number of aromatic nitrogens is 5. The average Bonchev–Trinajstić information content (AvgIpc) is 3.31. The van der Waals surface area contributed by atoms with E-state index in [-0.39, 0.29) is 6.04 Å². The second-order valence-corrected chi connectivity index (χ2v) is 8.09. The second kappa shape index (κ2) is 8.63. The van der Waals surface area contributed by atoms with Crippen LogP contribution in [0.15, 0.2) is 36.5 Å². The zero-order chi connectivity index (χ0) is 22.0. The van der Waals surface area contributed by atoms with Crippen LogP contribution >= 0.6 is 0 Å². The number of piperidine rings is 1. The molecule has 0 saturated carbocycles. The standard InChI is InChI=1S/C22H25N7O2/c1-13-4-9-19(16-5-7-17(8-6-16)20-25-27-28-26-20)29(12-13)22(31)21(30)24-18-10-14(2)15(3)23-11-18/h5-8,10-11,13,19H,4,9,12H2,1-3H3,(H,24,30)(H,25,26,27,28). The van der Waals surface area contributed by atoms with Crippen molar-refractivity contribution >= 4 is 17.5 Å². The lowest BCUT2D eigenvalue weighted by molar-refractivity contribution is -0.146. The summed E-state index contributed by atoms with van der Waals surface area (Å²) in [6, 6.07) is 9.38. The minimum atomic E-state index is -0.646. The molecule has 3 heterocycles. The first-order valence-electron chi connectivity index (χ1n) is 10.3. The molecule has 9 heteroatoms. The summed E-state index contributed by atoms with van der Waals surface area (Å²) in [5.74, 6) is -0.336. The van der Waals surface area contributed by atoms with Gasteiger partial charge in [-0.2, -0.15) is 5.21 Å². The minimum Gasteiger partial charge on any atom is -0.327 e. The average molecular weight is 419 g/mol. The highest BCUT2D eigenvalue weighted by Crippen LogP contribution is 2.34. The monoisotopic (exact) mass is 419 g/mol. The number of anilines is 1. The molecule has 1 aromatic carbocycles. The van der Waals surface area contributed by atoms with E-state index < -0.39 is 11.8 Å². The highest BCUT2D eigenvalue weighted by Gasteiger charge is 2.34. The lowest BCUT2D eigenvalue weighted by Crippen LogP contribution is -2.46. The summed E-state index contributed by atoms with van der Waals surface area (Å²) in [5, 5.41) is 16.7. The summed E-state index contributed by atoms with van der Waals surface area (Å²) in [6.45, 7) is 6.45. The number of likely N-dealkylation sites (tertiary alicyclic amines) is 1. The van der Waals surface area contributed by atoms with Crippen molar-refractivity contribution in [1.29, 1.82) is 0 Å². The van der Waals surface area contributed by atoms with E-state index >= 15 is 0 Å². The van der Waals surface area contributed by atoms with Gasteiger partial charge in [-0.25, -0.2) is 0 Å². The van der Waals surface area contributed by atoms with Crippen molar-refractivity contribution in [3.8, 4) is 11.4 Å². The Labute approximate surface area is 180 Å². The molecule has 2 N–H and O–H groups in total. The highest BCUT2D eigenvalue weighted by molar-refractivity contribution is 6.39. The van der Waals surface area contributed by atoms with Crippen LogP contribution in [0.5, 0.6) is 0 Å². The highest BCUT2D eigenvalue weighted by atomic mass is 16.2. The minimum absolute atomic E-state index is 0.161. The first-order chi connectivity index (χ1) is 14.9. The van der Waals surface area contributed by atoms with Gasteiger partial charge in [0.1, 0.15) is 0 Å². The van der Waals surface area contributed by atoms with Crippen LogP contribution in [0.3, 0.4) is 0 Å². The molecule has 0 spiro atoms. The van der Waals surface area contributed by atoms with Gasteiger partial charge < -0.3 is 10.2 Å². The van der Waals surface area contributed by atoms with Gasteiger partial charge in [0.25, 0.3) is 0 Å². The largest absolute Gasteiger partial charge is 0.327 e. The van der Waals surface area contributed by atoms with Crippen LogP contribution in [-0.2, 0) is 9.59 Å². The van der Waals surface area contributed by atoms with Gasteiger partial charge in [0.2, 0.25) is 5.82 Å². The van der Waals surface area contributed by atoms with Crippen LogP contribution in [0.25, 0.3) is 11.4 Å². The zero-order valence-electron chi connectivity index (χ0n) is 17.8. The number of tetrazole rings is 1. The maximum Gasteiger partial charge on any atom is 0.313 e. The van der Waals surface area contributed by atoms with Crippen molar-refractivity contribution in [2.45, 2.75) is 39.7 Å². The number of hydrogen-bond acceptors (Lipinski definition) is 6. The number of rotatable bonds is 3. The molecule has 4 rings (SSSR count). The SMILES string of the molecule is Cc1cc(NC(=O)C(=O)N2CC(C)CCC2c2ccc(-c3nn[nH]n3)cc2)cnc1C. The summed E-state index contributed by atoms with van der Waals surface area (Å²) < 4.78 is 0. The van der Waals surface area contributed by atoms with E-state index in [9.17, 15) is 9.59 Å². The number of hydrogen-bond donors (Lipinski definition) is 2. The fourth-order valence-electron chi connectivity index (χ4n) is 3.89. The molecule has 1 aliphatic rings. The summed E-state index contributed by atoms with van der Waals surface area (Å²) in [6.07, 6.45) is 3.36. The Balaban J connectivity index is 1.53. The summed E-state index contributed by atoms with van der Waals surface area (Å²) >= 11 is 0. The number of benzene rings is 1. The van der Waals surface area contributed by atoms with Crippen molar-refractivity contribution in [3.63, 3.8) is 0 Å². The topological polar surface area (TPSA) is 117 Å². The number of pyridine rings is 1. The van der Waals surface area contributed by atoms with Gasteiger partial charge in [0.15, 0.2) is 0 Å². The van der Waals surface area contributed by atoms with E-state index in [0.29, 0.717) is 24.0 Å². The van der Waals surface area contributed by atoms with Crippen molar-refractivity contribution in [2.24, 2.45) is 5.92 Å². The number of nitrogens with zero attached hydrogens (tertiary/aromatic N) is 5. The molecule has 31 heavy (non-hydrogen) atoms. The van der Waals surface area contributed by atoms with Gasteiger partial charge in [-0.1, -0.05) is 31.2 Å². The molecule has 1 saturated heterocycles. The lowest BCUT2D eigenvalue weighted by atomic mass is 9.89. The number of H-pyrrole nitrogens is 1. The Morgan fingerprint density at radius 3 is 2.61 bits per heavy atom. The molecule has 2 atom stereocenters. The van der Waals surface area contributed by atoms with E-state index in [4.69, 9.17) is 0 Å². The number of aromatic amines is 1. The number of aryl methyl sites for hydroxylation is 2. The molecule has 1 aliphatic heterocycles. The summed E-state index contributed by atoms with van der Waals surface area (Å²) in [4.78, 5) is 31.8. The molecule has 9 nitrogen and oxygen atoms in total. The van der Waals surface area contributed by atoms with Gasteiger partial charge in [0.05, 0.1) is 17.9 Å². The molecule has 2 unspecified atom stereocenters. The molecular formula is C22H25N7O2.